The van der Waals surface area contributed by atoms with Crippen LogP contribution in [0, 0.1) is 0 Å². The lowest BCUT2D eigenvalue weighted by molar-refractivity contribution is 0.414. The topological polar surface area (TPSA) is 91.8 Å². The molecule has 2 aromatic carbocycles. The van der Waals surface area contributed by atoms with E-state index < -0.39 is 0 Å². The number of ether oxygens (including phenoxy) is 1. The Hall–Kier alpha value is -3.69. The van der Waals surface area contributed by atoms with Gasteiger partial charge >= 0.3 is 0 Å². The van der Waals surface area contributed by atoms with Crippen molar-refractivity contribution in [3.05, 3.63) is 84.0 Å². The summed E-state index contributed by atoms with van der Waals surface area (Å²) < 4.78 is 13.1. The summed E-state index contributed by atoms with van der Waals surface area (Å²) in [5.74, 6) is 2.73. The minimum atomic E-state index is 0.380. The van der Waals surface area contributed by atoms with Gasteiger partial charge in [-0.3, -0.25) is 9.55 Å². The van der Waals surface area contributed by atoms with Gasteiger partial charge < -0.3 is 9.15 Å². The van der Waals surface area contributed by atoms with Gasteiger partial charge in [-0.25, -0.2) is 0 Å². The van der Waals surface area contributed by atoms with Gasteiger partial charge in [0.1, 0.15) is 5.75 Å². The fraction of sp³-hybridized carbons (Fsp3) is 0.0870. The highest BCUT2D eigenvalue weighted by Crippen LogP contribution is 2.31. The Morgan fingerprint density at radius 2 is 1.73 bits per heavy atom. The number of hydrogen-bond donors (Lipinski definition) is 0. The molecular formula is C23H17ClN6O2S. The van der Waals surface area contributed by atoms with E-state index in [0.29, 0.717) is 39.1 Å². The smallest absolute Gasteiger partial charge is 0.249 e. The molecule has 0 amide bonds. The predicted molar refractivity (Wildman–Crippen MR) is 125 cm³/mol. The zero-order chi connectivity index (χ0) is 22.6. The third-order valence-corrected chi connectivity index (χ3v) is 6.04. The number of benzene rings is 2. The molecule has 0 fully saturated rings. The van der Waals surface area contributed by atoms with E-state index in [2.05, 4.69) is 25.4 Å². The van der Waals surface area contributed by atoms with Crippen molar-refractivity contribution in [3.8, 4) is 34.3 Å². The first kappa shape index (κ1) is 21.2. The molecule has 0 spiro atoms. The Morgan fingerprint density at radius 1 is 0.939 bits per heavy atom. The first-order chi connectivity index (χ1) is 16.2. The summed E-state index contributed by atoms with van der Waals surface area (Å²) in [7, 11) is 1.64. The SMILES string of the molecule is COc1ccc(-n2c(SCc3nnc(-c4ccccc4Cl)o3)nnc2-c2ccncc2)cc1. The number of pyridine rings is 1. The second-order valence-electron chi connectivity index (χ2n) is 6.84. The van der Waals surface area contributed by atoms with Gasteiger partial charge in [0.2, 0.25) is 11.8 Å². The van der Waals surface area contributed by atoms with Crippen molar-refractivity contribution in [2.24, 2.45) is 0 Å². The van der Waals surface area contributed by atoms with Crippen LogP contribution < -0.4 is 4.74 Å². The molecule has 0 saturated heterocycles. The molecule has 0 aliphatic carbocycles. The van der Waals surface area contributed by atoms with E-state index in [-0.39, 0.29) is 0 Å². The van der Waals surface area contributed by atoms with Crippen LogP contribution in [0.25, 0.3) is 28.5 Å². The van der Waals surface area contributed by atoms with Gasteiger partial charge in [0, 0.05) is 23.6 Å². The number of thioether (sulfide) groups is 1. The maximum atomic E-state index is 6.24. The lowest BCUT2D eigenvalue weighted by Crippen LogP contribution is -2.00. The van der Waals surface area contributed by atoms with Crippen LogP contribution in [-0.4, -0.2) is 37.1 Å². The van der Waals surface area contributed by atoms with Crippen LogP contribution in [0.2, 0.25) is 5.02 Å². The second-order valence-corrected chi connectivity index (χ2v) is 8.19. The summed E-state index contributed by atoms with van der Waals surface area (Å²) in [4.78, 5) is 4.10. The number of halogens is 1. The van der Waals surface area contributed by atoms with Crippen LogP contribution in [0.4, 0.5) is 0 Å². The monoisotopic (exact) mass is 476 g/mol. The Bertz CT molecular complexity index is 1370. The van der Waals surface area contributed by atoms with E-state index in [1.807, 2.05) is 59.2 Å². The van der Waals surface area contributed by atoms with E-state index in [1.54, 1.807) is 25.6 Å². The van der Waals surface area contributed by atoms with Gasteiger partial charge in [-0.15, -0.1) is 20.4 Å². The highest BCUT2D eigenvalue weighted by atomic mass is 35.5. The fourth-order valence-corrected chi connectivity index (χ4v) is 4.20. The van der Waals surface area contributed by atoms with Gasteiger partial charge in [0.25, 0.3) is 0 Å². The first-order valence-corrected chi connectivity index (χ1v) is 11.3. The Balaban J connectivity index is 1.45. The Morgan fingerprint density at radius 3 is 2.48 bits per heavy atom. The first-order valence-electron chi connectivity index (χ1n) is 9.93. The maximum absolute atomic E-state index is 6.24. The average Bonchev–Trinajstić information content (AvgIpc) is 3.51. The molecule has 8 nitrogen and oxygen atoms in total. The van der Waals surface area contributed by atoms with Gasteiger partial charge in [-0.2, -0.15) is 0 Å². The standard InChI is InChI=1S/C23H17ClN6O2S/c1-31-17-8-6-16(7-9-17)30-21(15-10-12-25-13-11-15)27-29-23(30)33-14-20-26-28-22(32-20)18-4-2-3-5-19(18)24/h2-13H,14H2,1H3. The van der Waals surface area contributed by atoms with Crippen molar-refractivity contribution in [2.45, 2.75) is 10.9 Å². The molecule has 0 bridgehead atoms. The zero-order valence-corrected chi connectivity index (χ0v) is 19.0. The van der Waals surface area contributed by atoms with Crippen LogP contribution in [0.3, 0.4) is 0 Å². The summed E-state index contributed by atoms with van der Waals surface area (Å²) in [6.45, 7) is 0. The predicted octanol–water partition coefficient (Wildman–Crippen LogP) is 5.33. The minimum Gasteiger partial charge on any atom is -0.497 e. The molecule has 33 heavy (non-hydrogen) atoms. The maximum Gasteiger partial charge on any atom is 0.249 e. The quantitative estimate of drug-likeness (QED) is 0.291. The van der Waals surface area contributed by atoms with Crippen LogP contribution >= 0.6 is 23.4 Å². The lowest BCUT2D eigenvalue weighted by Gasteiger charge is -2.10. The van der Waals surface area contributed by atoms with E-state index in [1.165, 1.54) is 11.8 Å². The summed E-state index contributed by atoms with van der Waals surface area (Å²) >= 11 is 7.69. The molecule has 5 rings (SSSR count). The van der Waals surface area contributed by atoms with Gasteiger partial charge in [-0.1, -0.05) is 35.5 Å². The number of methoxy groups -OCH3 is 1. The molecule has 5 aromatic rings. The molecular weight excluding hydrogens is 460 g/mol. The normalized spacial score (nSPS) is 11.0. The van der Waals surface area contributed by atoms with Crippen molar-refractivity contribution in [3.63, 3.8) is 0 Å². The Kier molecular flexibility index (Phi) is 6.05. The summed E-state index contributed by atoms with van der Waals surface area (Å²) in [6, 6.07) is 18.9. The van der Waals surface area contributed by atoms with Gasteiger partial charge in [0.05, 0.1) is 23.4 Å². The van der Waals surface area contributed by atoms with Crippen molar-refractivity contribution in [1.82, 2.24) is 29.9 Å². The summed E-state index contributed by atoms with van der Waals surface area (Å²) in [6.07, 6.45) is 3.45. The number of aromatic nitrogens is 6. The molecule has 0 radical (unpaired) electrons. The van der Waals surface area contributed by atoms with Gasteiger partial charge in [0.15, 0.2) is 11.0 Å². The summed E-state index contributed by atoms with van der Waals surface area (Å²) in [5.41, 5.74) is 2.50. The number of hydrogen-bond acceptors (Lipinski definition) is 8. The van der Waals surface area contributed by atoms with Gasteiger partial charge in [-0.05, 0) is 48.5 Å². The van der Waals surface area contributed by atoms with E-state index in [9.17, 15) is 0 Å². The Labute approximate surface area is 198 Å². The number of nitrogens with zero attached hydrogens (tertiary/aromatic N) is 6. The molecule has 0 atom stereocenters. The van der Waals surface area contributed by atoms with Crippen LogP contribution in [0.5, 0.6) is 5.75 Å². The zero-order valence-electron chi connectivity index (χ0n) is 17.4. The molecule has 3 aromatic heterocycles. The largest absolute Gasteiger partial charge is 0.497 e. The molecule has 0 aliphatic rings. The van der Waals surface area contributed by atoms with Crippen molar-refractivity contribution in [1.29, 1.82) is 0 Å². The fourth-order valence-electron chi connectivity index (χ4n) is 3.20. The minimum absolute atomic E-state index is 0.380. The van der Waals surface area contributed by atoms with Crippen LogP contribution in [-0.2, 0) is 5.75 Å². The average molecular weight is 477 g/mol. The van der Waals surface area contributed by atoms with Crippen LogP contribution in [0.15, 0.2) is 82.6 Å². The molecule has 164 valence electrons. The molecule has 0 aliphatic heterocycles. The van der Waals surface area contributed by atoms with Crippen molar-refractivity contribution < 1.29 is 9.15 Å². The van der Waals surface area contributed by atoms with E-state index >= 15 is 0 Å². The molecule has 0 saturated carbocycles. The molecule has 0 N–H and O–H groups in total. The molecule has 3 heterocycles. The molecule has 0 unspecified atom stereocenters. The number of rotatable bonds is 7. The highest BCUT2D eigenvalue weighted by Gasteiger charge is 2.18. The molecule has 10 heteroatoms. The van der Waals surface area contributed by atoms with Crippen molar-refractivity contribution in [2.75, 3.05) is 7.11 Å². The third kappa shape index (κ3) is 4.46. The third-order valence-electron chi connectivity index (χ3n) is 4.80. The van der Waals surface area contributed by atoms with E-state index in [4.69, 9.17) is 20.8 Å². The lowest BCUT2D eigenvalue weighted by atomic mass is 10.2. The second kappa shape index (κ2) is 9.43. The highest BCUT2D eigenvalue weighted by molar-refractivity contribution is 7.98. The van der Waals surface area contributed by atoms with E-state index in [0.717, 1.165) is 17.0 Å². The van der Waals surface area contributed by atoms with Crippen LogP contribution in [0.1, 0.15) is 5.89 Å². The van der Waals surface area contributed by atoms with Crippen molar-refractivity contribution >= 4 is 23.4 Å². The summed E-state index contributed by atoms with van der Waals surface area (Å²) in [5, 5.41) is 18.4.